The number of benzene rings is 1. The van der Waals surface area contributed by atoms with Crippen LogP contribution in [0.2, 0.25) is 0 Å². The van der Waals surface area contributed by atoms with Crippen LogP contribution in [0.4, 0.5) is 13.2 Å². The number of nitriles is 1. The third-order valence-electron chi connectivity index (χ3n) is 4.74. The van der Waals surface area contributed by atoms with Gasteiger partial charge < -0.3 is 9.64 Å². The lowest BCUT2D eigenvalue weighted by molar-refractivity contribution is -0.153. The summed E-state index contributed by atoms with van der Waals surface area (Å²) in [6.07, 6.45) is -1.06. The van der Waals surface area contributed by atoms with Gasteiger partial charge in [0.25, 0.3) is 5.91 Å². The van der Waals surface area contributed by atoms with E-state index in [1.54, 1.807) is 10.9 Å². The van der Waals surface area contributed by atoms with Gasteiger partial charge in [-0.2, -0.15) is 23.5 Å². The summed E-state index contributed by atoms with van der Waals surface area (Å²) in [6.45, 7) is 0.778. The molecule has 0 atom stereocenters. The number of ether oxygens (including phenoxy) is 1. The van der Waals surface area contributed by atoms with Gasteiger partial charge in [0.1, 0.15) is 5.75 Å². The van der Waals surface area contributed by atoms with Crippen molar-refractivity contribution in [1.29, 1.82) is 5.26 Å². The molecule has 3 heterocycles. The number of carbonyl (C=O) groups is 1. The second-order valence-corrected chi connectivity index (χ2v) is 7.09. The highest BCUT2D eigenvalue weighted by Gasteiger charge is 2.32. The summed E-state index contributed by atoms with van der Waals surface area (Å²) in [5, 5.41) is 13.6. The van der Waals surface area contributed by atoms with Crippen LogP contribution in [-0.2, 0) is 13.1 Å². The van der Waals surface area contributed by atoms with E-state index in [1.807, 2.05) is 31.3 Å². The Balaban J connectivity index is 1.56. The van der Waals surface area contributed by atoms with E-state index in [0.29, 0.717) is 5.69 Å². The van der Waals surface area contributed by atoms with Crippen molar-refractivity contribution >= 4 is 5.91 Å². The van der Waals surface area contributed by atoms with Crippen molar-refractivity contribution in [2.45, 2.75) is 26.2 Å². The molecule has 31 heavy (non-hydrogen) atoms. The zero-order chi connectivity index (χ0) is 22.2. The van der Waals surface area contributed by atoms with E-state index in [2.05, 4.69) is 10.1 Å². The predicted molar refractivity (Wildman–Crippen MR) is 102 cm³/mol. The van der Waals surface area contributed by atoms with Gasteiger partial charge in [0.05, 0.1) is 35.1 Å². The molecule has 0 N–H and O–H groups in total. The minimum atomic E-state index is -4.55. The second-order valence-electron chi connectivity index (χ2n) is 7.09. The summed E-state index contributed by atoms with van der Waals surface area (Å²) in [7, 11) is 0. The first kappa shape index (κ1) is 20.4. The average molecular weight is 427 g/mol. The van der Waals surface area contributed by atoms with Gasteiger partial charge in [-0.15, -0.1) is 0 Å². The van der Waals surface area contributed by atoms with Crippen molar-refractivity contribution in [3.05, 3.63) is 70.8 Å². The molecular weight excluding hydrogens is 411 g/mol. The van der Waals surface area contributed by atoms with Crippen molar-refractivity contribution in [2.24, 2.45) is 0 Å². The lowest BCUT2D eigenvalue weighted by atomic mass is 10.1. The highest BCUT2D eigenvalue weighted by molar-refractivity contribution is 5.97. The fourth-order valence-electron chi connectivity index (χ4n) is 3.32. The molecule has 0 radical (unpaired) electrons. The standard InChI is InChI=1S/C21H16F3N5O2/c1-13-6-16(4-5-26-13)29-10-15-9-28(11-18(15)27-29)20(30)17-7-14(8-25)2-3-19(17)31-12-21(22,23)24/h2-7,10H,9,11-12H2,1H3. The molecule has 1 aliphatic rings. The SMILES string of the molecule is Cc1cc(-n2cc3c(n2)CN(C(=O)c2cc(C#N)ccc2OCC(F)(F)F)C3)ccn1. The highest BCUT2D eigenvalue weighted by atomic mass is 19.4. The Morgan fingerprint density at radius 3 is 2.74 bits per heavy atom. The monoisotopic (exact) mass is 427 g/mol. The maximum atomic E-state index is 13.0. The quantitative estimate of drug-likeness (QED) is 0.636. The number of amides is 1. The number of hydrogen-bond donors (Lipinski definition) is 0. The smallest absolute Gasteiger partial charge is 0.422 e. The largest absolute Gasteiger partial charge is 0.483 e. The number of alkyl halides is 3. The maximum absolute atomic E-state index is 13.0. The van der Waals surface area contributed by atoms with Crippen LogP contribution in [0, 0.1) is 18.3 Å². The molecular formula is C21H16F3N5O2. The van der Waals surface area contributed by atoms with E-state index >= 15 is 0 Å². The molecule has 10 heteroatoms. The number of aromatic nitrogens is 3. The molecule has 0 unspecified atom stereocenters. The number of fused-ring (bicyclic) bond motifs is 1. The molecule has 1 aliphatic heterocycles. The first-order chi connectivity index (χ1) is 14.7. The van der Waals surface area contributed by atoms with Crippen molar-refractivity contribution in [2.75, 3.05) is 6.61 Å². The Bertz CT molecular complexity index is 1170. The van der Waals surface area contributed by atoms with Crippen LogP contribution < -0.4 is 4.74 Å². The summed E-state index contributed by atoms with van der Waals surface area (Å²) >= 11 is 0. The van der Waals surface area contributed by atoms with E-state index in [-0.39, 0.29) is 30.0 Å². The van der Waals surface area contributed by atoms with Gasteiger partial charge in [0, 0.05) is 30.2 Å². The van der Waals surface area contributed by atoms with E-state index in [0.717, 1.165) is 16.9 Å². The topological polar surface area (TPSA) is 84.0 Å². The van der Waals surface area contributed by atoms with Crippen molar-refractivity contribution in [3.63, 3.8) is 0 Å². The summed E-state index contributed by atoms with van der Waals surface area (Å²) in [5.74, 6) is -0.748. The first-order valence-electron chi connectivity index (χ1n) is 9.27. The molecule has 0 saturated heterocycles. The van der Waals surface area contributed by atoms with E-state index < -0.39 is 18.7 Å². The number of carbonyl (C=O) groups excluding carboxylic acids is 1. The molecule has 3 aromatic rings. The average Bonchev–Trinajstić information content (AvgIpc) is 3.30. The van der Waals surface area contributed by atoms with Crippen LogP contribution >= 0.6 is 0 Å². The van der Waals surface area contributed by atoms with Gasteiger partial charge in [-0.25, -0.2) is 4.68 Å². The van der Waals surface area contributed by atoms with E-state index in [4.69, 9.17) is 10.00 Å². The minimum absolute atomic E-state index is 0.0916. The number of halogens is 3. The number of rotatable bonds is 4. The summed E-state index contributed by atoms with van der Waals surface area (Å²) in [5.41, 5.74) is 3.26. The molecule has 0 saturated carbocycles. The normalized spacial score (nSPS) is 13.1. The Labute approximate surface area is 175 Å². The number of aryl methyl sites for hydroxylation is 1. The fraction of sp³-hybridized carbons (Fsp3) is 0.238. The first-order valence-corrected chi connectivity index (χ1v) is 9.27. The van der Waals surface area contributed by atoms with Gasteiger partial charge in [-0.1, -0.05) is 0 Å². The Kier molecular flexibility index (Phi) is 5.10. The summed E-state index contributed by atoms with van der Waals surface area (Å²) < 4.78 is 44.2. The van der Waals surface area contributed by atoms with Gasteiger partial charge in [0.2, 0.25) is 0 Å². The molecule has 1 amide bonds. The molecule has 1 aromatic carbocycles. The predicted octanol–water partition coefficient (Wildman–Crippen LogP) is 3.54. The lowest BCUT2D eigenvalue weighted by Gasteiger charge is -2.19. The number of pyridine rings is 1. The lowest BCUT2D eigenvalue weighted by Crippen LogP contribution is -2.27. The number of nitrogens with zero attached hydrogens (tertiary/aromatic N) is 5. The van der Waals surface area contributed by atoms with Crippen LogP contribution in [0.15, 0.2) is 42.7 Å². The van der Waals surface area contributed by atoms with Gasteiger partial charge in [0.15, 0.2) is 6.61 Å². The Hall–Kier alpha value is -3.87. The molecule has 0 aliphatic carbocycles. The van der Waals surface area contributed by atoms with Gasteiger partial charge >= 0.3 is 6.18 Å². The Morgan fingerprint density at radius 1 is 1.26 bits per heavy atom. The summed E-state index contributed by atoms with van der Waals surface area (Å²) in [4.78, 5) is 18.6. The molecule has 0 bridgehead atoms. The van der Waals surface area contributed by atoms with E-state index in [9.17, 15) is 18.0 Å². The summed E-state index contributed by atoms with van der Waals surface area (Å²) in [6, 6.07) is 9.33. The van der Waals surface area contributed by atoms with Crippen LogP contribution in [0.1, 0.15) is 32.9 Å². The molecule has 7 nitrogen and oxygen atoms in total. The van der Waals surface area contributed by atoms with Crippen LogP contribution in [0.5, 0.6) is 5.75 Å². The molecule has 158 valence electrons. The molecule has 0 fully saturated rings. The van der Waals surface area contributed by atoms with Crippen molar-refractivity contribution < 1.29 is 22.7 Å². The molecule has 2 aromatic heterocycles. The Morgan fingerprint density at radius 2 is 2.06 bits per heavy atom. The van der Waals surface area contributed by atoms with Crippen LogP contribution in [0.25, 0.3) is 5.69 Å². The highest BCUT2D eigenvalue weighted by Crippen LogP contribution is 2.29. The third kappa shape index (κ3) is 4.35. The number of hydrogen-bond acceptors (Lipinski definition) is 5. The van der Waals surface area contributed by atoms with Crippen molar-refractivity contribution in [1.82, 2.24) is 19.7 Å². The molecule has 4 rings (SSSR count). The zero-order valence-corrected chi connectivity index (χ0v) is 16.3. The fourth-order valence-corrected chi connectivity index (χ4v) is 3.32. The zero-order valence-electron chi connectivity index (χ0n) is 16.3. The van der Waals surface area contributed by atoms with Gasteiger partial charge in [-0.05, 0) is 37.3 Å². The molecule has 0 spiro atoms. The van der Waals surface area contributed by atoms with E-state index in [1.165, 1.54) is 23.1 Å². The minimum Gasteiger partial charge on any atom is -0.483 e. The van der Waals surface area contributed by atoms with Crippen LogP contribution in [-0.4, -0.2) is 38.4 Å². The second kappa shape index (κ2) is 7.75. The van der Waals surface area contributed by atoms with Crippen molar-refractivity contribution in [3.8, 4) is 17.5 Å². The van der Waals surface area contributed by atoms with Gasteiger partial charge in [-0.3, -0.25) is 9.78 Å². The third-order valence-corrected chi connectivity index (χ3v) is 4.74. The van der Waals surface area contributed by atoms with Crippen LogP contribution in [0.3, 0.4) is 0 Å². The maximum Gasteiger partial charge on any atom is 0.422 e.